The average Bonchev–Trinajstić information content (AvgIpc) is 3.09. The second kappa shape index (κ2) is 4.64. The van der Waals surface area contributed by atoms with Gasteiger partial charge in [0.1, 0.15) is 11.3 Å². The molecule has 0 radical (unpaired) electrons. The fraction of sp³-hybridized carbons (Fsp3) is 0.417. The smallest absolute Gasteiger partial charge is 0.411 e. The summed E-state index contributed by atoms with van der Waals surface area (Å²) in [5.41, 5.74) is 3.95. The molecule has 0 saturated heterocycles. The molecule has 2 rings (SSSR count). The van der Waals surface area contributed by atoms with Gasteiger partial charge in [0.2, 0.25) is 0 Å². The lowest BCUT2D eigenvalue weighted by atomic mass is 10.2. The lowest BCUT2D eigenvalue weighted by Crippen LogP contribution is -2.49. The average molecular weight is 274 g/mol. The van der Waals surface area contributed by atoms with Gasteiger partial charge in [-0.25, -0.2) is 0 Å². The number of nitrogens with one attached hydrogen (secondary N) is 1. The molecule has 0 heterocycles. The zero-order valence-electron chi connectivity index (χ0n) is 9.96. The van der Waals surface area contributed by atoms with Crippen LogP contribution in [0.3, 0.4) is 0 Å². The second-order valence-electron chi connectivity index (χ2n) is 4.49. The van der Waals surface area contributed by atoms with Crippen LogP contribution < -0.4 is 15.8 Å². The highest BCUT2D eigenvalue weighted by molar-refractivity contribution is 5.79. The highest BCUT2D eigenvalue weighted by atomic mass is 19.4. The second-order valence-corrected chi connectivity index (χ2v) is 4.49. The summed E-state index contributed by atoms with van der Waals surface area (Å²) in [5.74, 6) is -0.409. The minimum Gasteiger partial charge on any atom is -0.484 e. The van der Waals surface area contributed by atoms with Crippen LogP contribution in [0, 0.1) is 0 Å². The lowest BCUT2D eigenvalue weighted by molar-refractivity contribution is -0.170. The third-order valence-electron chi connectivity index (χ3n) is 2.92. The first-order valence-electron chi connectivity index (χ1n) is 5.68. The number of amides is 1. The van der Waals surface area contributed by atoms with Crippen molar-refractivity contribution < 1.29 is 22.7 Å². The summed E-state index contributed by atoms with van der Waals surface area (Å²) in [7, 11) is 0. The van der Waals surface area contributed by atoms with Gasteiger partial charge in [-0.2, -0.15) is 13.2 Å². The summed E-state index contributed by atoms with van der Waals surface area (Å²) in [6.07, 6.45) is -4.57. The minimum absolute atomic E-state index is 0.0793. The number of hydrogen-bond acceptors (Lipinski definition) is 3. The van der Waals surface area contributed by atoms with Gasteiger partial charge in [-0.15, -0.1) is 0 Å². The Morgan fingerprint density at radius 1 is 1.32 bits per heavy atom. The van der Waals surface area contributed by atoms with Crippen LogP contribution in [0.25, 0.3) is 0 Å². The lowest BCUT2D eigenvalue weighted by Gasteiger charge is -2.20. The van der Waals surface area contributed by atoms with Gasteiger partial charge in [0.05, 0.1) is 0 Å². The number of ether oxygens (including phenoxy) is 1. The van der Waals surface area contributed by atoms with Crippen molar-refractivity contribution in [2.45, 2.75) is 24.6 Å². The number of nitrogen functional groups attached to an aromatic ring is 1. The predicted octanol–water partition coefficient (Wildman–Crippen LogP) is 1.86. The molecule has 1 fully saturated rings. The van der Waals surface area contributed by atoms with E-state index in [2.05, 4.69) is 0 Å². The van der Waals surface area contributed by atoms with Crippen molar-refractivity contribution in [2.24, 2.45) is 0 Å². The van der Waals surface area contributed by atoms with E-state index in [0.717, 1.165) is 0 Å². The molecule has 3 N–H and O–H groups in total. The number of nitrogens with two attached hydrogens (primary N) is 1. The zero-order chi connectivity index (χ0) is 14.1. The number of hydrogen-bond donors (Lipinski definition) is 2. The standard InChI is InChI=1S/C12H13F3N2O2/c13-12(14,15)11(5-6-11)17-10(18)7-19-9-3-1-8(16)2-4-9/h1-4H,5-7,16H2,(H,17,18). The van der Waals surface area contributed by atoms with Crippen molar-refractivity contribution in [3.8, 4) is 5.75 Å². The molecule has 19 heavy (non-hydrogen) atoms. The Balaban J connectivity index is 1.84. The maximum absolute atomic E-state index is 12.6. The predicted molar refractivity (Wildman–Crippen MR) is 62.5 cm³/mol. The monoisotopic (exact) mass is 274 g/mol. The van der Waals surface area contributed by atoms with E-state index in [0.29, 0.717) is 11.4 Å². The van der Waals surface area contributed by atoms with Crippen molar-refractivity contribution in [1.29, 1.82) is 0 Å². The fourth-order valence-electron chi connectivity index (χ4n) is 1.62. The van der Waals surface area contributed by atoms with E-state index < -0.39 is 24.2 Å². The molecule has 1 aromatic carbocycles. The molecule has 0 unspecified atom stereocenters. The van der Waals surface area contributed by atoms with Crippen molar-refractivity contribution >= 4 is 11.6 Å². The molecule has 0 aromatic heterocycles. The summed E-state index contributed by atoms with van der Waals surface area (Å²) in [6.45, 7) is -0.457. The van der Waals surface area contributed by atoms with Crippen LogP contribution >= 0.6 is 0 Å². The molecule has 1 saturated carbocycles. The van der Waals surface area contributed by atoms with Crippen LogP contribution in [0.1, 0.15) is 12.8 Å². The van der Waals surface area contributed by atoms with E-state index in [1.54, 1.807) is 24.3 Å². The van der Waals surface area contributed by atoms with Gasteiger partial charge in [-0.05, 0) is 37.1 Å². The molecule has 0 atom stereocenters. The minimum atomic E-state index is -4.41. The third kappa shape index (κ3) is 3.10. The van der Waals surface area contributed by atoms with E-state index >= 15 is 0 Å². The summed E-state index contributed by atoms with van der Waals surface area (Å²) >= 11 is 0. The molecule has 4 nitrogen and oxygen atoms in total. The molecule has 1 aliphatic rings. The first-order valence-corrected chi connectivity index (χ1v) is 5.68. The summed E-state index contributed by atoms with van der Waals surface area (Å²) in [5, 5.41) is 1.98. The van der Waals surface area contributed by atoms with Crippen LogP contribution in [0.5, 0.6) is 5.75 Å². The first-order chi connectivity index (χ1) is 8.82. The number of carbonyl (C=O) groups is 1. The Labute approximate surface area is 107 Å². The van der Waals surface area contributed by atoms with Gasteiger partial charge < -0.3 is 15.8 Å². The van der Waals surface area contributed by atoms with Gasteiger partial charge in [0.25, 0.3) is 5.91 Å². The summed E-state index contributed by atoms with van der Waals surface area (Å²) in [4.78, 5) is 11.4. The summed E-state index contributed by atoms with van der Waals surface area (Å²) < 4.78 is 42.9. The number of alkyl halides is 3. The number of benzene rings is 1. The van der Waals surface area contributed by atoms with Gasteiger partial charge in [-0.1, -0.05) is 0 Å². The van der Waals surface area contributed by atoms with E-state index in [4.69, 9.17) is 10.5 Å². The topological polar surface area (TPSA) is 64.3 Å². The Morgan fingerprint density at radius 3 is 2.37 bits per heavy atom. The van der Waals surface area contributed by atoms with Gasteiger partial charge in [-0.3, -0.25) is 4.79 Å². The Hall–Kier alpha value is -1.92. The molecule has 7 heteroatoms. The van der Waals surface area contributed by atoms with E-state index in [1.165, 1.54) is 0 Å². The molecule has 1 aliphatic carbocycles. The molecular weight excluding hydrogens is 261 g/mol. The van der Waals surface area contributed by atoms with E-state index in [1.807, 2.05) is 5.32 Å². The number of carbonyl (C=O) groups excluding carboxylic acids is 1. The van der Waals surface area contributed by atoms with Crippen molar-refractivity contribution in [1.82, 2.24) is 5.32 Å². The van der Waals surface area contributed by atoms with Crippen LogP contribution in [0.15, 0.2) is 24.3 Å². The fourth-order valence-corrected chi connectivity index (χ4v) is 1.62. The molecule has 0 spiro atoms. The summed E-state index contributed by atoms with van der Waals surface area (Å²) in [6, 6.07) is 6.23. The first kappa shape index (κ1) is 13.5. The maximum Gasteiger partial charge on any atom is 0.411 e. The molecular formula is C12H13F3N2O2. The largest absolute Gasteiger partial charge is 0.484 e. The van der Waals surface area contributed by atoms with Crippen LogP contribution in [-0.2, 0) is 4.79 Å². The molecule has 0 bridgehead atoms. The van der Waals surface area contributed by atoms with Gasteiger partial charge in [0, 0.05) is 5.69 Å². The normalized spacial score (nSPS) is 16.8. The van der Waals surface area contributed by atoms with Gasteiger partial charge >= 0.3 is 6.18 Å². The molecule has 104 valence electrons. The third-order valence-corrected chi connectivity index (χ3v) is 2.92. The van der Waals surface area contributed by atoms with Crippen LogP contribution in [0.2, 0.25) is 0 Å². The van der Waals surface area contributed by atoms with Crippen molar-refractivity contribution in [2.75, 3.05) is 12.3 Å². The SMILES string of the molecule is Nc1ccc(OCC(=O)NC2(C(F)(F)F)CC2)cc1. The van der Waals surface area contributed by atoms with Crippen molar-refractivity contribution in [3.63, 3.8) is 0 Å². The van der Waals surface area contributed by atoms with Crippen LogP contribution in [-0.4, -0.2) is 24.2 Å². The Bertz CT molecular complexity index is 467. The zero-order valence-corrected chi connectivity index (χ0v) is 9.96. The Morgan fingerprint density at radius 2 is 1.89 bits per heavy atom. The Kier molecular flexibility index (Phi) is 3.30. The number of anilines is 1. The number of halogens is 3. The highest BCUT2D eigenvalue weighted by Gasteiger charge is 2.64. The maximum atomic E-state index is 12.6. The van der Waals surface area contributed by atoms with Crippen molar-refractivity contribution in [3.05, 3.63) is 24.3 Å². The molecule has 1 aromatic rings. The quantitative estimate of drug-likeness (QED) is 0.824. The van der Waals surface area contributed by atoms with E-state index in [-0.39, 0.29) is 12.8 Å². The van der Waals surface area contributed by atoms with Gasteiger partial charge in [0.15, 0.2) is 6.61 Å². The molecule has 0 aliphatic heterocycles. The number of rotatable bonds is 4. The van der Waals surface area contributed by atoms with E-state index in [9.17, 15) is 18.0 Å². The highest BCUT2D eigenvalue weighted by Crippen LogP contribution is 2.48. The van der Waals surface area contributed by atoms with Crippen LogP contribution in [0.4, 0.5) is 18.9 Å². The molecule has 1 amide bonds.